The molecule has 0 spiro atoms. The van der Waals surface area contributed by atoms with E-state index >= 15 is 0 Å². The largest absolute Gasteiger partial charge is 0.475 e. The van der Waals surface area contributed by atoms with Crippen LogP contribution < -0.4 is 31.1 Å². The third-order valence-corrected chi connectivity index (χ3v) is 21.4. The number of ketones is 1. The third-order valence-electron chi connectivity index (χ3n) is 19.7. The molecule has 9 aromatic heterocycles. The number of methoxy groups -OCH3 is 3. The normalized spacial score (nSPS) is 15.1. The molecule has 0 aliphatic carbocycles. The molecule has 7 N–H and O–H groups in total. The number of esters is 3. The van der Waals surface area contributed by atoms with Crippen molar-refractivity contribution in [2.75, 3.05) is 80.2 Å². The van der Waals surface area contributed by atoms with Crippen molar-refractivity contribution in [3.63, 3.8) is 0 Å². The summed E-state index contributed by atoms with van der Waals surface area (Å²) in [6.45, 7) is 19.7. The van der Waals surface area contributed by atoms with E-state index in [-0.39, 0.29) is 69.3 Å². The Bertz CT molecular complexity index is 5470. The first-order chi connectivity index (χ1) is 62.2. The number of aromatic nitrogens is 19. The SMILES string of the molecule is COC(=O)CCCBr.COC(=O)CCCn1nc(C)cc1N.COC(=O)CCCn1nc(C)cc1[N+](=O)[O-].Cc1cc([N+](=O)[O-])[nH]n1.Cc1cc2n(n1)CCC(I)C(=O)N2C.Cc1cc2n(n1)CCC(N)C(=O)N2C.Cc1cc2n(n1)CCC(N=[N+]=[N-])C(=O)N2C.Cc1cc2n(n1)CCCC(=O)C2.Cc1cc2n(n1)CCCC(=O)N2C.O=C(O)c1n[nH]c(Cc2ccccc2)n1. The molecule has 0 radical (unpaired) electrons. The molecule has 0 saturated carbocycles. The van der Waals surface area contributed by atoms with Crippen molar-refractivity contribution < 1.29 is 72.3 Å². The molecule has 3 atom stereocenters. The topological polar surface area (TPSA) is 597 Å². The predicted octanol–water partition coefficient (Wildman–Crippen LogP) is 9.36. The zero-order valence-corrected chi connectivity index (χ0v) is 79.8. The van der Waals surface area contributed by atoms with Crippen molar-refractivity contribution in [2.24, 2.45) is 10.8 Å². The van der Waals surface area contributed by atoms with Gasteiger partial charge in [0.2, 0.25) is 23.6 Å². The number of halogens is 2. The number of nitrogens with zero attached hydrogens (tertiary/aromatic N) is 26. The standard InChI is InChI=1S/C10H9N3O2.C9H12IN3O.C9H12N6O.C9H14N4O.C9H13N3O4.C9H15N3O2.C9H13N3O.C9H12N2O.C5H9BrO2.C4H5N3O2/c14-10(15)9-11-8(12-13-9)6-7-4-2-1-3-5-7;1-6-5-8-12(2)9(14)7(10)3-4-13(8)11-6;1-6-5-8-14(2)9(16)7(11-13-10)3-4-15(8)12-6;1-6-5-8-12(2)9(14)7(10)3-4-13(8)11-6;1-7-6-8(12(14)15)11(10-7)5-3-4-9(13)16-2;1-7-6-8(10)12(11-7)5-3-4-9(13)14-2;1-7-6-8-11(2)9(13)4-3-5-12(8)10-7;1-7-5-8-6-9(12)3-2-4-11(8)10-7;1-8-5(7)3-2-4-6;1-3-2-4(6-5-3)7(8)9/h1-5H,6H2,(H,14,15)(H,11,12,13);5,7H,3-4H2,1-2H3;5,7H,3-4H2,1-2H3;5,7H,3-4,10H2,1-2H3;6H,3-5H2,1-2H3;6H,3-5,10H2,1-2H3;6H,3-5H2,1-2H3;5H,2-4,6H2,1H3;2-4H2,1H3;2H,1H3,(H,5,6). The van der Waals surface area contributed by atoms with Crippen LogP contribution >= 0.6 is 38.5 Å². The number of hydrogen-bond acceptors (Lipinski definition) is 29. The van der Waals surface area contributed by atoms with Crippen LogP contribution in [0.5, 0.6) is 0 Å². The Morgan fingerprint density at radius 2 is 1.04 bits per heavy atom. The molecule has 4 amide bonds. The van der Waals surface area contributed by atoms with Crippen molar-refractivity contribution in [1.82, 2.24) is 93.8 Å². The Balaban J connectivity index is 0.000000225. The predicted molar refractivity (Wildman–Crippen MR) is 493 cm³/mol. The molecule has 0 fully saturated rings. The van der Waals surface area contributed by atoms with Crippen molar-refractivity contribution in [3.05, 3.63) is 178 Å². The number of benzene rings is 1. The highest BCUT2D eigenvalue weighted by atomic mass is 127. The van der Waals surface area contributed by atoms with Crippen LogP contribution in [0.1, 0.15) is 157 Å². The monoisotopic (exact) mass is 2000 g/mol. The van der Waals surface area contributed by atoms with Gasteiger partial charge in [0, 0.05) is 159 Å². The van der Waals surface area contributed by atoms with Crippen LogP contribution in [0.4, 0.5) is 40.7 Å². The fraction of sp³-hybridized carbons (Fsp3) is 0.500. The van der Waals surface area contributed by atoms with Crippen molar-refractivity contribution in [1.29, 1.82) is 0 Å². The number of H-pyrrole nitrogens is 2. The number of rotatable bonds is 17. The molecule has 131 heavy (non-hydrogen) atoms. The first-order valence-corrected chi connectivity index (χ1v) is 43.9. The van der Waals surface area contributed by atoms with E-state index in [9.17, 15) is 63.4 Å². The Kier molecular flexibility index (Phi) is 42.9. The fourth-order valence-corrected chi connectivity index (χ4v) is 14.1. The van der Waals surface area contributed by atoms with Crippen LogP contribution in [0.3, 0.4) is 0 Å². The maximum Gasteiger partial charge on any atom is 0.375 e. The number of amides is 4. The van der Waals surface area contributed by atoms with Gasteiger partial charge in [0.05, 0.1) is 89.0 Å². The number of likely N-dealkylation sites (N-methyl/N-ethyl adjacent to an activating group) is 2. The van der Waals surface area contributed by atoms with Gasteiger partial charge in [-0.1, -0.05) is 84.2 Å². The lowest BCUT2D eigenvalue weighted by atomic mass is 10.1. The van der Waals surface area contributed by atoms with Crippen LogP contribution in [-0.2, 0) is 111 Å². The molecule has 47 nitrogen and oxygen atoms in total. The quantitative estimate of drug-likeness (QED) is 0.00652. The Morgan fingerprint density at radius 1 is 0.573 bits per heavy atom. The number of carbonyl (C=O) groups is 9. The van der Waals surface area contributed by atoms with Gasteiger partial charge < -0.3 is 55.9 Å². The number of azide groups is 1. The highest BCUT2D eigenvalue weighted by Gasteiger charge is 2.31. The van der Waals surface area contributed by atoms with Gasteiger partial charge >= 0.3 is 35.5 Å². The lowest BCUT2D eigenvalue weighted by Gasteiger charge is -2.16. The molecule has 49 heteroatoms. The molecule has 10 aromatic rings. The summed E-state index contributed by atoms with van der Waals surface area (Å²) in [4.78, 5) is 133. The maximum absolute atomic E-state index is 11.9. The number of anilines is 5. The van der Waals surface area contributed by atoms with Crippen LogP contribution in [0.25, 0.3) is 10.4 Å². The summed E-state index contributed by atoms with van der Waals surface area (Å²) in [5, 5.41) is 75.3. The van der Waals surface area contributed by atoms with E-state index in [1.165, 1.54) is 43.0 Å². The van der Waals surface area contributed by atoms with E-state index < -0.39 is 27.9 Å². The van der Waals surface area contributed by atoms with Crippen LogP contribution in [0.2, 0.25) is 0 Å². The average Bonchev–Trinajstić information content (AvgIpc) is 1.68. The summed E-state index contributed by atoms with van der Waals surface area (Å²) in [5.74, 6) is 2.97. The zero-order valence-electron chi connectivity index (χ0n) is 76.0. The van der Waals surface area contributed by atoms with Crippen molar-refractivity contribution in [3.8, 4) is 0 Å². The lowest BCUT2D eigenvalue weighted by Crippen LogP contribution is -2.40. The molecule has 0 saturated heterocycles. The van der Waals surface area contributed by atoms with Gasteiger partial charge in [-0.25, -0.2) is 33.2 Å². The molecule has 14 heterocycles. The Morgan fingerprint density at radius 3 is 1.53 bits per heavy atom. The average molecular weight is 2000 g/mol. The first-order valence-electron chi connectivity index (χ1n) is 41.6. The van der Waals surface area contributed by atoms with E-state index in [1.54, 1.807) is 65.1 Å². The molecular weight excluding hydrogens is 1880 g/mol. The van der Waals surface area contributed by atoms with Gasteiger partial charge in [-0.2, -0.15) is 30.6 Å². The fourth-order valence-electron chi connectivity index (χ4n) is 13.1. The Hall–Kier alpha value is -13.5. The van der Waals surface area contributed by atoms with E-state index in [2.05, 4.69) is 124 Å². The van der Waals surface area contributed by atoms with Crippen molar-refractivity contribution in [2.45, 2.75) is 214 Å². The summed E-state index contributed by atoms with van der Waals surface area (Å²) in [5.41, 5.74) is 28.8. The summed E-state index contributed by atoms with van der Waals surface area (Å²) >= 11 is 5.39. The van der Waals surface area contributed by atoms with E-state index in [1.807, 2.05) is 128 Å². The van der Waals surface area contributed by atoms with Crippen molar-refractivity contribution >= 4 is 133 Å². The number of carboxylic acids is 1. The van der Waals surface area contributed by atoms with Gasteiger partial charge in [0.1, 0.15) is 53.3 Å². The number of nitro groups is 2. The number of Topliss-reactive ketones (excluding diaryl/α,β-unsaturated/α-hetero) is 1. The second-order valence-electron chi connectivity index (χ2n) is 30.2. The second kappa shape index (κ2) is 52.9. The van der Waals surface area contributed by atoms with E-state index in [4.69, 9.17) is 22.1 Å². The number of hydrogen-bond donors (Lipinski definition) is 5. The molecule has 15 rings (SSSR count). The minimum absolute atomic E-state index is 0.0383. The number of nitrogens with one attached hydrogen (secondary N) is 2. The number of aromatic carboxylic acids is 1. The number of nitrogens with two attached hydrogens (primary N) is 2. The molecule has 5 aliphatic rings. The van der Waals surface area contributed by atoms with Gasteiger partial charge in [-0.15, -0.1) is 14.9 Å². The van der Waals surface area contributed by atoms with Crippen LogP contribution in [0, 0.1) is 75.6 Å². The number of carboxylic acid groups (broad SMARTS) is 1. The smallest absolute Gasteiger partial charge is 0.375 e. The van der Waals surface area contributed by atoms with Gasteiger partial charge in [-0.3, -0.25) is 62.8 Å². The molecule has 708 valence electrons. The first kappa shape index (κ1) is 106. The summed E-state index contributed by atoms with van der Waals surface area (Å²) in [6, 6.07) is 22.9. The van der Waals surface area contributed by atoms with Gasteiger partial charge in [0.15, 0.2) is 0 Å². The minimum atomic E-state index is -1.12. The highest BCUT2D eigenvalue weighted by molar-refractivity contribution is 14.1. The number of carbonyl (C=O) groups excluding carboxylic acids is 8. The number of ether oxygens (including phenoxy) is 3. The molecule has 0 bridgehead atoms. The number of fused-ring (bicyclic) bond motifs is 5. The zero-order chi connectivity index (χ0) is 96.9. The molecule has 5 aliphatic heterocycles. The van der Waals surface area contributed by atoms with E-state index in [0.29, 0.717) is 119 Å². The maximum atomic E-state index is 11.9. The Labute approximate surface area is 776 Å². The third kappa shape index (κ3) is 33.9. The minimum Gasteiger partial charge on any atom is -0.475 e. The van der Waals surface area contributed by atoms with Gasteiger partial charge in [-0.05, 0) is 134 Å². The van der Waals surface area contributed by atoms with E-state index in [0.717, 1.165) is 119 Å². The number of aryl methyl sites for hydroxylation is 15. The number of nitrogen functional groups attached to an aromatic ring is 1. The number of aromatic amines is 2. The van der Waals surface area contributed by atoms with Gasteiger partial charge in [0.25, 0.3) is 5.82 Å². The second-order valence-corrected chi connectivity index (χ2v) is 32.5. The van der Waals surface area contributed by atoms with Crippen LogP contribution in [0.15, 0.2) is 84.0 Å². The lowest BCUT2D eigenvalue weighted by molar-refractivity contribution is -0.392. The highest BCUT2D eigenvalue weighted by Crippen LogP contribution is 2.27. The molecule has 1 aromatic carbocycles. The van der Waals surface area contributed by atoms with Crippen LogP contribution in [-0.4, -0.2) is 233 Å². The summed E-state index contributed by atoms with van der Waals surface area (Å²) in [6.07, 6.45) is 9.44. The number of alkyl halides is 2. The summed E-state index contributed by atoms with van der Waals surface area (Å²) in [7, 11) is 11.1. The molecule has 3 unspecified atom stereocenters. The molecular formula is C82H114BrIN30O17. The summed E-state index contributed by atoms with van der Waals surface area (Å²) < 4.78 is 25.8.